The fourth-order valence-corrected chi connectivity index (χ4v) is 3.18. The van der Waals surface area contributed by atoms with Gasteiger partial charge < -0.3 is 19.8 Å². The zero-order chi connectivity index (χ0) is 19.9. The summed E-state index contributed by atoms with van der Waals surface area (Å²) in [7, 11) is 0. The molecule has 2 amide bonds. The van der Waals surface area contributed by atoms with E-state index in [0.29, 0.717) is 17.2 Å². The lowest BCUT2D eigenvalue weighted by atomic mass is 9.87. The number of furan rings is 1. The van der Waals surface area contributed by atoms with Crippen LogP contribution in [0.5, 0.6) is 0 Å². The average Bonchev–Trinajstić information content (AvgIpc) is 3.23. The SMILES string of the molecule is CC1CCC(NC(=O)COC(=O)c2ccc(NC(=O)c3ccco3)cc2)CC1. The summed E-state index contributed by atoms with van der Waals surface area (Å²) in [5.41, 5.74) is 0.817. The molecular weight excluding hydrogens is 360 g/mol. The van der Waals surface area contributed by atoms with E-state index in [4.69, 9.17) is 9.15 Å². The molecule has 0 saturated heterocycles. The van der Waals surface area contributed by atoms with Crippen molar-refractivity contribution in [2.75, 3.05) is 11.9 Å². The number of benzene rings is 1. The number of esters is 1. The normalized spacial score (nSPS) is 18.9. The van der Waals surface area contributed by atoms with Gasteiger partial charge in [0.05, 0.1) is 11.8 Å². The van der Waals surface area contributed by atoms with Crippen LogP contribution in [-0.4, -0.2) is 30.4 Å². The first-order valence-corrected chi connectivity index (χ1v) is 9.42. The number of hydrogen-bond acceptors (Lipinski definition) is 5. The fraction of sp³-hybridized carbons (Fsp3) is 0.381. The Hall–Kier alpha value is -3.09. The summed E-state index contributed by atoms with van der Waals surface area (Å²) in [5.74, 6) is -0.347. The number of amides is 2. The molecule has 0 atom stereocenters. The zero-order valence-corrected chi connectivity index (χ0v) is 15.8. The molecule has 1 aliphatic carbocycles. The Kier molecular flexibility index (Phi) is 6.47. The number of anilines is 1. The molecular formula is C21H24N2O5. The van der Waals surface area contributed by atoms with Gasteiger partial charge in [-0.05, 0) is 68.0 Å². The molecule has 0 spiro atoms. The summed E-state index contributed by atoms with van der Waals surface area (Å²) in [5, 5.41) is 5.58. The molecule has 7 nitrogen and oxygen atoms in total. The molecule has 28 heavy (non-hydrogen) atoms. The summed E-state index contributed by atoms with van der Waals surface area (Å²) in [6.45, 7) is 1.91. The molecule has 1 aromatic carbocycles. The minimum Gasteiger partial charge on any atom is -0.459 e. The monoisotopic (exact) mass is 384 g/mol. The molecule has 2 aromatic rings. The van der Waals surface area contributed by atoms with Gasteiger partial charge in [0.1, 0.15) is 0 Å². The molecule has 1 saturated carbocycles. The second-order valence-corrected chi connectivity index (χ2v) is 7.11. The zero-order valence-electron chi connectivity index (χ0n) is 15.8. The average molecular weight is 384 g/mol. The smallest absolute Gasteiger partial charge is 0.338 e. The largest absolute Gasteiger partial charge is 0.459 e. The first kappa shape index (κ1) is 19.7. The first-order valence-electron chi connectivity index (χ1n) is 9.42. The van der Waals surface area contributed by atoms with Gasteiger partial charge in [0, 0.05) is 11.7 Å². The lowest BCUT2D eigenvalue weighted by Gasteiger charge is -2.26. The van der Waals surface area contributed by atoms with Crippen molar-refractivity contribution in [2.45, 2.75) is 38.6 Å². The number of rotatable bonds is 6. The van der Waals surface area contributed by atoms with E-state index in [2.05, 4.69) is 17.6 Å². The van der Waals surface area contributed by atoms with Crippen molar-refractivity contribution < 1.29 is 23.5 Å². The number of carbonyl (C=O) groups excluding carboxylic acids is 3. The van der Waals surface area contributed by atoms with Crippen molar-refractivity contribution in [1.82, 2.24) is 5.32 Å². The molecule has 1 heterocycles. The van der Waals surface area contributed by atoms with Crippen molar-refractivity contribution in [3.8, 4) is 0 Å². The molecule has 148 valence electrons. The summed E-state index contributed by atoms with van der Waals surface area (Å²) in [6, 6.07) is 9.57. The van der Waals surface area contributed by atoms with E-state index in [1.807, 2.05) is 0 Å². The van der Waals surface area contributed by atoms with Crippen molar-refractivity contribution in [3.05, 3.63) is 54.0 Å². The first-order chi connectivity index (χ1) is 13.5. The molecule has 0 aliphatic heterocycles. The van der Waals surface area contributed by atoms with Crippen LogP contribution in [0.3, 0.4) is 0 Å². The molecule has 1 aliphatic rings. The van der Waals surface area contributed by atoms with E-state index in [1.165, 1.54) is 18.4 Å². The van der Waals surface area contributed by atoms with Gasteiger partial charge >= 0.3 is 5.97 Å². The van der Waals surface area contributed by atoms with Gasteiger partial charge in [-0.25, -0.2) is 4.79 Å². The molecule has 3 rings (SSSR count). The topological polar surface area (TPSA) is 97.6 Å². The van der Waals surface area contributed by atoms with Gasteiger partial charge in [0.25, 0.3) is 11.8 Å². The van der Waals surface area contributed by atoms with Crippen LogP contribution >= 0.6 is 0 Å². The maximum atomic E-state index is 12.1. The van der Waals surface area contributed by atoms with Gasteiger partial charge in [-0.1, -0.05) is 6.92 Å². The second kappa shape index (κ2) is 9.21. The standard InChI is InChI=1S/C21H24N2O5/c1-14-4-8-16(9-5-14)22-19(24)13-28-21(26)15-6-10-17(11-7-15)23-20(25)18-3-2-12-27-18/h2-3,6-7,10-12,14,16H,4-5,8-9,13H2,1H3,(H,22,24)(H,23,25). The Labute approximate surface area is 163 Å². The highest BCUT2D eigenvalue weighted by Crippen LogP contribution is 2.23. The predicted octanol–water partition coefficient (Wildman–Crippen LogP) is 3.38. The third-order valence-corrected chi connectivity index (χ3v) is 4.84. The highest BCUT2D eigenvalue weighted by molar-refractivity contribution is 6.02. The molecule has 0 radical (unpaired) electrons. The Balaban J connectivity index is 1.44. The molecule has 7 heteroatoms. The third-order valence-electron chi connectivity index (χ3n) is 4.84. The lowest BCUT2D eigenvalue weighted by Crippen LogP contribution is -2.39. The van der Waals surface area contributed by atoms with E-state index in [0.717, 1.165) is 25.7 Å². The summed E-state index contributed by atoms with van der Waals surface area (Å²) in [6.07, 6.45) is 5.55. The molecule has 1 aromatic heterocycles. The molecule has 1 fully saturated rings. The van der Waals surface area contributed by atoms with Crippen LogP contribution in [0.1, 0.15) is 53.5 Å². The summed E-state index contributed by atoms with van der Waals surface area (Å²) < 4.78 is 10.1. The number of nitrogens with one attached hydrogen (secondary N) is 2. The predicted molar refractivity (Wildman–Crippen MR) is 103 cm³/mol. The van der Waals surface area contributed by atoms with Crippen LogP contribution < -0.4 is 10.6 Å². The summed E-state index contributed by atoms with van der Waals surface area (Å²) >= 11 is 0. The van der Waals surface area contributed by atoms with Crippen LogP contribution in [0.4, 0.5) is 5.69 Å². The van der Waals surface area contributed by atoms with Crippen molar-refractivity contribution in [3.63, 3.8) is 0 Å². The second-order valence-electron chi connectivity index (χ2n) is 7.11. The Morgan fingerprint density at radius 3 is 2.43 bits per heavy atom. The van der Waals surface area contributed by atoms with Crippen LogP contribution in [-0.2, 0) is 9.53 Å². The number of hydrogen-bond donors (Lipinski definition) is 2. The highest BCUT2D eigenvalue weighted by Gasteiger charge is 2.20. The van der Waals surface area contributed by atoms with E-state index in [1.54, 1.807) is 24.3 Å². The van der Waals surface area contributed by atoms with Crippen LogP contribution in [0.25, 0.3) is 0 Å². The highest BCUT2D eigenvalue weighted by atomic mass is 16.5. The Morgan fingerprint density at radius 1 is 1.07 bits per heavy atom. The van der Waals surface area contributed by atoms with Gasteiger partial charge in [-0.3, -0.25) is 9.59 Å². The van der Waals surface area contributed by atoms with Gasteiger partial charge in [0.15, 0.2) is 12.4 Å². The van der Waals surface area contributed by atoms with Gasteiger partial charge in [-0.2, -0.15) is 0 Å². The quantitative estimate of drug-likeness (QED) is 0.744. The minimum atomic E-state index is -0.587. The fourth-order valence-electron chi connectivity index (χ4n) is 3.18. The Bertz CT molecular complexity index is 806. The van der Waals surface area contributed by atoms with Crippen molar-refractivity contribution in [2.24, 2.45) is 5.92 Å². The summed E-state index contributed by atoms with van der Waals surface area (Å²) in [4.78, 5) is 36.0. The van der Waals surface area contributed by atoms with Crippen LogP contribution in [0.2, 0.25) is 0 Å². The van der Waals surface area contributed by atoms with E-state index < -0.39 is 5.97 Å². The molecule has 0 bridgehead atoms. The number of ether oxygens (including phenoxy) is 1. The van der Waals surface area contributed by atoms with Crippen LogP contribution in [0.15, 0.2) is 47.1 Å². The van der Waals surface area contributed by atoms with Crippen LogP contribution in [0, 0.1) is 5.92 Å². The Morgan fingerprint density at radius 2 is 1.79 bits per heavy atom. The maximum absolute atomic E-state index is 12.1. The van der Waals surface area contributed by atoms with Gasteiger partial charge in [-0.15, -0.1) is 0 Å². The van der Waals surface area contributed by atoms with Gasteiger partial charge in [0.2, 0.25) is 0 Å². The number of carbonyl (C=O) groups is 3. The molecule has 0 unspecified atom stereocenters. The molecule has 2 N–H and O–H groups in total. The lowest BCUT2D eigenvalue weighted by molar-refractivity contribution is -0.125. The third kappa shape index (κ3) is 5.45. The van der Waals surface area contributed by atoms with E-state index in [-0.39, 0.29) is 30.2 Å². The van der Waals surface area contributed by atoms with Crippen molar-refractivity contribution >= 4 is 23.5 Å². The maximum Gasteiger partial charge on any atom is 0.338 e. The van der Waals surface area contributed by atoms with Crippen molar-refractivity contribution in [1.29, 1.82) is 0 Å². The van der Waals surface area contributed by atoms with E-state index >= 15 is 0 Å². The minimum absolute atomic E-state index is 0.166. The van der Waals surface area contributed by atoms with E-state index in [9.17, 15) is 14.4 Å².